The third kappa shape index (κ3) is 2.33. The van der Waals surface area contributed by atoms with E-state index in [4.69, 9.17) is 5.11 Å². The molecule has 18 heavy (non-hydrogen) atoms. The second kappa shape index (κ2) is 4.38. The van der Waals surface area contributed by atoms with E-state index in [0.29, 0.717) is 0 Å². The summed E-state index contributed by atoms with van der Waals surface area (Å²) in [7, 11) is -2.32. The number of sulfonamides is 1. The van der Waals surface area contributed by atoms with Crippen molar-refractivity contribution in [2.24, 2.45) is 7.05 Å². The average Bonchev–Trinajstić information content (AvgIpc) is 2.88. The minimum absolute atomic E-state index is 0.0478. The number of aromatic carboxylic acids is 1. The molecule has 2 aromatic rings. The number of rotatable bonds is 4. The van der Waals surface area contributed by atoms with Crippen LogP contribution in [0.3, 0.4) is 0 Å². The van der Waals surface area contributed by atoms with E-state index < -0.39 is 16.0 Å². The van der Waals surface area contributed by atoms with Crippen molar-refractivity contribution in [2.45, 2.75) is 4.90 Å². The molecule has 2 rings (SSSR count). The smallest absolute Gasteiger partial charge is 0.345 e. The molecule has 0 aliphatic carbocycles. The summed E-state index contributed by atoms with van der Waals surface area (Å²) in [6.07, 6.45) is 1.20. The third-order valence-corrected chi connectivity index (χ3v) is 4.41. The Labute approximate surface area is 106 Å². The van der Waals surface area contributed by atoms with Crippen LogP contribution in [-0.2, 0) is 17.1 Å². The summed E-state index contributed by atoms with van der Waals surface area (Å²) in [6, 6.07) is 1.09. The van der Waals surface area contributed by atoms with Crippen LogP contribution in [0.2, 0.25) is 0 Å². The highest BCUT2D eigenvalue weighted by Crippen LogP contribution is 2.21. The summed E-state index contributed by atoms with van der Waals surface area (Å²) in [6.45, 7) is 0. The van der Waals surface area contributed by atoms with Gasteiger partial charge >= 0.3 is 5.97 Å². The number of hydrogen-bond acceptors (Lipinski definition) is 6. The van der Waals surface area contributed by atoms with Crippen LogP contribution >= 0.6 is 11.3 Å². The van der Waals surface area contributed by atoms with Crippen LogP contribution in [0, 0.1) is 0 Å². The molecular formula is C8H8N4O4S2. The van der Waals surface area contributed by atoms with E-state index in [2.05, 4.69) is 14.8 Å². The van der Waals surface area contributed by atoms with Crippen LogP contribution in [-0.4, -0.2) is 34.3 Å². The first-order valence-electron chi connectivity index (χ1n) is 4.59. The first-order chi connectivity index (χ1) is 8.40. The Bertz CT molecular complexity index is 688. The number of anilines is 1. The van der Waals surface area contributed by atoms with Gasteiger partial charge < -0.3 is 5.11 Å². The Balaban J connectivity index is 2.31. The molecule has 0 atom stereocenters. The number of carboxylic acid groups (broad SMARTS) is 1. The SMILES string of the molecule is Cn1ncnc1NS(=O)(=O)c1csc(C(=O)O)c1. The Morgan fingerprint density at radius 3 is 2.78 bits per heavy atom. The highest BCUT2D eigenvalue weighted by atomic mass is 32.2. The van der Waals surface area contributed by atoms with Gasteiger partial charge in [0, 0.05) is 12.4 Å². The molecule has 0 saturated heterocycles. The second-order valence-electron chi connectivity index (χ2n) is 3.26. The molecule has 0 aliphatic heterocycles. The maximum absolute atomic E-state index is 11.9. The van der Waals surface area contributed by atoms with Crippen molar-refractivity contribution in [3.8, 4) is 0 Å². The summed E-state index contributed by atoms with van der Waals surface area (Å²) in [4.78, 5) is 14.2. The molecule has 0 radical (unpaired) electrons. The molecule has 0 bridgehead atoms. The van der Waals surface area contributed by atoms with Gasteiger partial charge in [0.1, 0.15) is 11.2 Å². The van der Waals surface area contributed by atoms with Crippen LogP contribution < -0.4 is 4.72 Å². The quantitative estimate of drug-likeness (QED) is 0.840. The van der Waals surface area contributed by atoms with E-state index >= 15 is 0 Å². The van der Waals surface area contributed by atoms with Gasteiger partial charge in [0.05, 0.1) is 4.90 Å². The summed E-state index contributed by atoms with van der Waals surface area (Å²) in [5.74, 6) is -1.11. The minimum atomic E-state index is -3.84. The van der Waals surface area contributed by atoms with E-state index in [1.807, 2.05) is 0 Å². The lowest BCUT2D eigenvalue weighted by atomic mass is 10.5. The van der Waals surface area contributed by atoms with Crippen LogP contribution in [0.5, 0.6) is 0 Å². The molecule has 0 spiro atoms. The van der Waals surface area contributed by atoms with E-state index in [1.54, 1.807) is 0 Å². The molecule has 0 aliphatic rings. The van der Waals surface area contributed by atoms with Gasteiger partial charge in [0.2, 0.25) is 5.95 Å². The van der Waals surface area contributed by atoms with Crippen LogP contribution in [0.25, 0.3) is 0 Å². The number of carboxylic acids is 1. The van der Waals surface area contributed by atoms with Gasteiger partial charge in [-0.25, -0.2) is 22.6 Å². The lowest BCUT2D eigenvalue weighted by Gasteiger charge is -2.04. The lowest BCUT2D eigenvalue weighted by molar-refractivity contribution is 0.0702. The maximum atomic E-state index is 11.9. The molecule has 0 aromatic carbocycles. The monoisotopic (exact) mass is 288 g/mol. The highest BCUT2D eigenvalue weighted by molar-refractivity contribution is 7.92. The number of nitrogens with zero attached hydrogens (tertiary/aromatic N) is 3. The fourth-order valence-electron chi connectivity index (χ4n) is 1.14. The van der Waals surface area contributed by atoms with Gasteiger partial charge in [-0.15, -0.1) is 11.3 Å². The highest BCUT2D eigenvalue weighted by Gasteiger charge is 2.20. The van der Waals surface area contributed by atoms with Gasteiger partial charge in [0.25, 0.3) is 10.0 Å². The minimum Gasteiger partial charge on any atom is -0.477 e. The fourth-order valence-corrected chi connectivity index (χ4v) is 3.29. The Kier molecular flexibility index (Phi) is 3.05. The van der Waals surface area contributed by atoms with Crippen LogP contribution in [0.1, 0.15) is 9.67 Å². The topological polar surface area (TPSA) is 114 Å². The number of hydrogen-bond donors (Lipinski definition) is 2. The van der Waals surface area contributed by atoms with Crippen molar-refractivity contribution >= 4 is 33.3 Å². The number of thiophene rings is 1. The van der Waals surface area contributed by atoms with Gasteiger partial charge in [-0.3, -0.25) is 0 Å². The number of aromatic nitrogens is 3. The molecule has 2 heterocycles. The van der Waals surface area contributed by atoms with Crippen molar-refractivity contribution in [3.05, 3.63) is 22.7 Å². The molecular weight excluding hydrogens is 280 g/mol. The van der Waals surface area contributed by atoms with Gasteiger partial charge in [0.15, 0.2) is 0 Å². The number of aryl methyl sites for hydroxylation is 1. The predicted molar refractivity (Wildman–Crippen MR) is 63.1 cm³/mol. The largest absolute Gasteiger partial charge is 0.477 e. The van der Waals surface area contributed by atoms with E-state index in [9.17, 15) is 13.2 Å². The van der Waals surface area contributed by atoms with Crippen molar-refractivity contribution in [1.29, 1.82) is 0 Å². The molecule has 10 heteroatoms. The Morgan fingerprint density at radius 2 is 2.28 bits per heavy atom. The molecule has 2 aromatic heterocycles. The zero-order chi connectivity index (χ0) is 13.3. The first kappa shape index (κ1) is 12.5. The molecule has 0 unspecified atom stereocenters. The van der Waals surface area contributed by atoms with E-state index in [-0.39, 0.29) is 15.7 Å². The molecule has 0 fully saturated rings. The Morgan fingerprint density at radius 1 is 1.56 bits per heavy atom. The predicted octanol–water partition coefficient (Wildman–Crippen LogP) is 0.376. The van der Waals surface area contributed by atoms with Crippen molar-refractivity contribution in [1.82, 2.24) is 14.8 Å². The number of carbonyl (C=O) groups is 1. The standard InChI is InChI=1S/C8H8N4O4S2/c1-12-8(9-4-10-12)11-18(15,16)5-2-6(7(13)14)17-3-5/h2-4H,1H3,(H,13,14)(H,9,10,11). The maximum Gasteiger partial charge on any atom is 0.345 e. The van der Waals surface area contributed by atoms with E-state index in [1.165, 1.54) is 23.4 Å². The number of nitrogens with one attached hydrogen (secondary N) is 1. The molecule has 2 N–H and O–H groups in total. The summed E-state index contributed by atoms with van der Waals surface area (Å²) >= 11 is 0.840. The molecule has 96 valence electrons. The molecule has 8 nitrogen and oxygen atoms in total. The molecule has 0 saturated carbocycles. The average molecular weight is 288 g/mol. The second-order valence-corrected chi connectivity index (χ2v) is 5.86. The van der Waals surface area contributed by atoms with Crippen LogP contribution in [0.15, 0.2) is 22.7 Å². The third-order valence-electron chi connectivity index (χ3n) is 2.03. The van der Waals surface area contributed by atoms with Crippen LogP contribution in [0.4, 0.5) is 5.95 Å². The normalized spacial score (nSPS) is 11.4. The summed E-state index contributed by atoms with van der Waals surface area (Å²) in [5.41, 5.74) is 0. The zero-order valence-electron chi connectivity index (χ0n) is 9.06. The van der Waals surface area contributed by atoms with Gasteiger partial charge in [-0.2, -0.15) is 10.1 Å². The zero-order valence-corrected chi connectivity index (χ0v) is 10.7. The summed E-state index contributed by atoms with van der Waals surface area (Å²) in [5, 5.41) is 13.7. The lowest BCUT2D eigenvalue weighted by Crippen LogP contribution is -2.15. The Hall–Kier alpha value is -1.94. The van der Waals surface area contributed by atoms with E-state index in [0.717, 1.165) is 17.4 Å². The van der Waals surface area contributed by atoms with Crippen molar-refractivity contribution in [3.63, 3.8) is 0 Å². The van der Waals surface area contributed by atoms with Gasteiger partial charge in [-0.05, 0) is 6.07 Å². The van der Waals surface area contributed by atoms with Crippen molar-refractivity contribution < 1.29 is 18.3 Å². The first-order valence-corrected chi connectivity index (χ1v) is 6.95. The van der Waals surface area contributed by atoms with Crippen molar-refractivity contribution in [2.75, 3.05) is 4.72 Å². The summed E-state index contributed by atoms with van der Waals surface area (Å²) < 4.78 is 27.3. The van der Waals surface area contributed by atoms with Gasteiger partial charge in [-0.1, -0.05) is 0 Å². The molecule has 0 amide bonds. The fraction of sp³-hybridized carbons (Fsp3) is 0.125.